The Morgan fingerprint density at radius 2 is 2.29 bits per heavy atom. The van der Waals surface area contributed by atoms with Crippen molar-refractivity contribution in [3.05, 3.63) is 47.4 Å². The monoisotopic (exact) mass is 299 g/mol. The van der Waals surface area contributed by atoms with Crippen LogP contribution in [0.4, 0.5) is 11.5 Å². The third kappa shape index (κ3) is 3.06. The van der Waals surface area contributed by atoms with Gasteiger partial charge in [-0.1, -0.05) is 11.6 Å². The molecule has 3 rings (SSSR count). The van der Waals surface area contributed by atoms with E-state index < -0.39 is 0 Å². The molecule has 1 aliphatic heterocycles. The standard InChI is InChI=1S/C15H14ClN5/c16-13-7-11(8-17)1-2-14(13)21-6-4-12(9-21)20-15-3-5-18-10-19-15/h1-3,5,7,10,12H,4,6,9H2,(H,18,19,20). The van der Waals surface area contributed by atoms with Gasteiger partial charge in [0.15, 0.2) is 0 Å². The average Bonchev–Trinajstić information content (AvgIpc) is 2.96. The molecule has 1 aliphatic rings. The van der Waals surface area contributed by atoms with E-state index in [-0.39, 0.29) is 0 Å². The Morgan fingerprint density at radius 1 is 1.38 bits per heavy atom. The fourth-order valence-corrected chi connectivity index (χ4v) is 2.82. The minimum atomic E-state index is 0.326. The van der Waals surface area contributed by atoms with Gasteiger partial charge in [-0.3, -0.25) is 0 Å². The molecular weight excluding hydrogens is 286 g/mol. The molecule has 0 saturated carbocycles. The second kappa shape index (κ2) is 5.98. The molecule has 1 saturated heterocycles. The molecule has 1 N–H and O–H groups in total. The van der Waals surface area contributed by atoms with Crippen LogP contribution in [0.1, 0.15) is 12.0 Å². The highest BCUT2D eigenvalue weighted by Crippen LogP contribution is 2.30. The predicted octanol–water partition coefficient (Wildman–Crippen LogP) is 2.69. The number of anilines is 2. The van der Waals surface area contributed by atoms with Crippen molar-refractivity contribution in [1.29, 1.82) is 5.26 Å². The second-order valence-corrected chi connectivity index (χ2v) is 5.36. The number of nitriles is 1. The van der Waals surface area contributed by atoms with Crippen molar-refractivity contribution in [2.75, 3.05) is 23.3 Å². The molecule has 106 valence electrons. The molecule has 0 spiro atoms. The molecule has 6 heteroatoms. The van der Waals surface area contributed by atoms with Crippen molar-refractivity contribution >= 4 is 23.1 Å². The van der Waals surface area contributed by atoms with Gasteiger partial charge in [-0.15, -0.1) is 0 Å². The summed E-state index contributed by atoms with van der Waals surface area (Å²) in [5.41, 5.74) is 1.56. The summed E-state index contributed by atoms with van der Waals surface area (Å²) in [5, 5.41) is 12.9. The van der Waals surface area contributed by atoms with Gasteiger partial charge in [0, 0.05) is 25.3 Å². The highest BCUT2D eigenvalue weighted by molar-refractivity contribution is 6.33. The van der Waals surface area contributed by atoms with Gasteiger partial charge in [0.05, 0.1) is 22.3 Å². The first-order valence-corrected chi connectivity index (χ1v) is 7.11. The number of nitrogens with one attached hydrogen (secondary N) is 1. The van der Waals surface area contributed by atoms with E-state index in [0.717, 1.165) is 31.0 Å². The maximum atomic E-state index is 8.88. The van der Waals surface area contributed by atoms with Gasteiger partial charge in [-0.25, -0.2) is 9.97 Å². The molecule has 1 aromatic heterocycles. The lowest BCUT2D eigenvalue weighted by Crippen LogP contribution is -2.26. The van der Waals surface area contributed by atoms with Gasteiger partial charge < -0.3 is 10.2 Å². The van der Waals surface area contributed by atoms with Crippen LogP contribution in [-0.4, -0.2) is 29.1 Å². The average molecular weight is 300 g/mol. The molecule has 1 fully saturated rings. The lowest BCUT2D eigenvalue weighted by Gasteiger charge is -2.20. The summed E-state index contributed by atoms with van der Waals surface area (Å²) in [5.74, 6) is 0.836. The van der Waals surface area contributed by atoms with Crippen molar-refractivity contribution in [2.24, 2.45) is 0 Å². The van der Waals surface area contributed by atoms with Crippen LogP contribution >= 0.6 is 11.6 Å². The van der Waals surface area contributed by atoms with Gasteiger partial charge in [-0.2, -0.15) is 5.26 Å². The molecule has 0 bridgehead atoms. The van der Waals surface area contributed by atoms with E-state index >= 15 is 0 Å². The lowest BCUT2D eigenvalue weighted by molar-refractivity contribution is 0.799. The molecule has 0 radical (unpaired) electrons. The van der Waals surface area contributed by atoms with E-state index in [1.807, 2.05) is 12.1 Å². The van der Waals surface area contributed by atoms with Gasteiger partial charge in [0.1, 0.15) is 12.1 Å². The van der Waals surface area contributed by atoms with E-state index in [9.17, 15) is 0 Å². The Balaban J connectivity index is 1.68. The summed E-state index contributed by atoms with van der Waals surface area (Å²) < 4.78 is 0. The number of nitrogens with zero attached hydrogens (tertiary/aromatic N) is 4. The topological polar surface area (TPSA) is 64.8 Å². The highest BCUT2D eigenvalue weighted by atomic mass is 35.5. The first-order chi connectivity index (χ1) is 10.3. The van der Waals surface area contributed by atoms with Crippen molar-refractivity contribution in [2.45, 2.75) is 12.5 Å². The Hall–Kier alpha value is -2.32. The molecule has 1 aromatic carbocycles. The molecule has 1 atom stereocenters. The quantitative estimate of drug-likeness (QED) is 0.944. The van der Waals surface area contributed by atoms with Crippen molar-refractivity contribution in [1.82, 2.24) is 9.97 Å². The van der Waals surface area contributed by atoms with E-state index in [4.69, 9.17) is 16.9 Å². The van der Waals surface area contributed by atoms with Crippen LogP contribution in [0.15, 0.2) is 36.8 Å². The zero-order valence-electron chi connectivity index (χ0n) is 11.3. The number of benzene rings is 1. The first kappa shape index (κ1) is 13.7. The first-order valence-electron chi connectivity index (χ1n) is 6.73. The Morgan fingerprint density at radius 3 is 3.00 bits per heavy atom. The summed E-state index contributed by atoms with van der Waals surface area (Å²) >= 11 is 6.26. The van der Waals surface area contributed by atoms with Crippen LogP contribution < -0.4 is 10.2 Å². The molecule has 5 nitrogen and oxygen atoms in total. The van der Waals surface area contributed by atoms with E-state index in [2.05, 4.69) is 26.3 Å². The van der Waals surface area contributed by atoms with Crippen LogP contribution in [0, 0.1) is 11.3 Å². The summed E-state index contributed by atoms with van der Waals surface area (Å²) in [6.45, 7) is 1.78. The molecular formula is C15H14ClN5. The van der Waals surface area contributed by atoms with E-state index in [1.54, 1.807) is 18.3 Å². The van der Waals surface area contributed by atoms with Crippen LogP contribution in [0.25, 0.3) is 0 Å². The Kier molecular flexibility index (Phi) is 3.89. The van der Waals surface area contributed by atoms with Gasteiger partial charge >= 0.3 is 0 Å². The summed E-state index contributed by atoms with van der Waals surface area (Å²) in [6, 6.07) is 9.70. The molecule has 0 aliphatic carbocycles. The molecule has 21 heavy (non-hydrogen) atoms. The maximum absolute atomic E-state index is 8.88. The molecule has 1 unspecified atom stereocenters. The normalized spacial score (nSPS) is 17.5. The van der Waals surface area contributed by atoms with Crippen LogP contribution in [0.5, 0.6) is 0 Å². The SMILES string of the molecule is N#Cc1ccc(N2CCC(Nc3ccncn3)C2)c(Cl)c1. The highest BCUT2D eigenvalue weighted by Gasteiger charge is 2.24. The number of halogens is 1. The summed E-state index contributed by atoms with van der Waals surface area (Å²) in [6.07, 6.45) is 4.27. The number of hydrogen-bond acceptors (Lipinski definition) is 5. The number of hydrogen-bond donors (Lipinski definition) is 1. The van der Waals surface area contributed by atoms with Crippen molar-refractivity contribution in [3.63, 3.8) is 0 Å². The fourth-order valence-electron chi connectivity index (χ4n) is 2.52. The fraction of sp³-hybridized carbons (Fsp3) is 0.267. The zero-order chi connectivity index (χ0) is 14.7. The van der Waals surface area contributed by atoms with Crippen LogP contribution in [0.2, 0.25) is 5.02 Å². The maximum Gasteiger partial charge on any atom is 0.129 e. The summed E-state index contributed by atoms with van der Waals surface area (Å²) in [7, 11) is 0. The number of rotatable bonds is 3. The molecule has 2 heterocycles. The summed E-state index contributed by atoms with van der Waals surface area (Å²) in [4.78, 5) is 10.3. The largest absolute Gasteiger partial charge is 0.368 e. The lowest BCUT2D eigenvalue weighted by atomic mass is 10.2. The van der Waals surface area contributed by atoms with E-state index in [1.165, 1.54) is 6.33 Å². The van der Waals surface area contributed by atoms with Crippen LogP contribution in [-0.2, 0) is 0 Å². The van der Waals surface area contributed by atoms with E-state index in [0.29, 0.717) is 16.6 Å². The third-order valence-corrected chi connectivity index (χ3v) is 3.84. The molecule has 0 amide bonds. The second-order valence-electron chi connectivity index (χ2n) is 4.95. The van der Waals surface area contributed by atoms with Gasteiger partial charge in [-0.05, 0) is 30.7 Å². The van der Waals surface area contributed by atoms with Gasteiger partial charge in [0.25, 0.3) is 0 Å². The predicted molar refractivity (Wildman–Crippen MR) is 82.4 cm³/mol. The Bertz CT molecular complexity index is 668. The Labute approximate surface area is 128 Å². The van der Waals surface area contributed by atoms with Crippen LogP contribution in [0.3, 0.4) is 0 Å². The minimum Gasteiger partial charge on any atom is -0.368 e. The third-order valence-electron chi connectivity index (χ3n) is 3.54. The molecule has 2 aromatic rings. The zero-order valence-corrected chi connectivity index (χ0v) is 12.1. The van der Waals surface area contributed by atoms with Gasteiger partial charge in [0.2, 0.25) is 0 Å². The number of aromatic nitrogens is 2. The minimum absolute atomic E-state index is 0.326. The smallest absolute Gasteiger partial charge is 0.129 e. The van der Waals surface area contributed by atoms with Crippen molar-refractivity contribution in [3.8, 4) is 6.07 Å². The van der Waals surface area contributed by atoms with Crippen molar-refractivity contribution < 1.29 is 0 Å².